The molecule has 160 valence electrons. The number of benzene rings is 2. The number of nitrogens with one attached hydrogen (secondary N) is 3. The lowest BCUT2D eigenvalue weighted by Gasteiger charge is -2.17. The van der Waals surface area contributed by atoms with Gasteiger partial charge < -0.3 is 16.0 Å². The second kappa shape index (κ2) is 10.9. The van der Waals surface area contributed by atoms with Crippen LogP contribution in [-0.4, -0.2) is 54.9 Å². The van der Waals surface area contributed by atoms with Crippen molar-refractivity contribution in [1.82, 2.24) is 10.2 Å². The van der Waals surface area contributed by atoms with Crippen molar-refractivity contribution in [3.63, 3.8) is 0 Å². The predicted octanol–water partition coefficient (Wildman–Crippen LogP) is 2.31. The van der Waals surface area contributed by atoms with E-state index in [0.29, 0.717) is 13.1 Å². The minimum atomic E-state index is -0.455. The molecule has 0 aliphatic heterocycles. The van der Waals surface area contributed by atoms with E-state index < -0.39 is 4.92 Å². The molecule has 30 heavy (non-hydrogen) atoms. The fraction of sp³-hybridized carbons (Fsp3) is 0.333. The third-order valence-corrected chi connectivity index (χ3v) is 4.43. The average Bonchev–Trinajstić information content (AvgIpc) is 2.68. The van der Waals surface area contributed by atoms with E-state index in [2.05, 4.69) is 16.0 Å². The predicted molar refractivity (Wildman–Crippen MR) is 117 cm³/mol. The molecule has 0 bridgehead atoms. The number of likely N-dealkylation sites (N-methyl/N-ethyl adjacent to an activating group) is 1. The van der Waals surface area contributed by atoms with Gasteiger partial charge in [0.15, 0.2) is 0 Å². The van der Waals surface area contributed by atoms with Crippen molar-refractivity contribution in [2.75, 3.05) is 43.9 Å². The molecule has 0 aliphatic carbocycles. The number of nitro benzene ring substituents is 1. The second-order valence-electron chi connectivity index (χ2n) is 7.07. The molecular formula is C21H27N5O4. The number of hydrogen-bond donors (Lipinski definition) is 3. The Bertz CT molecular complexity index is 879. The smallest absolute Gasteiger partial charge is 0.269 e. The molecule has 0 spiro atoms. The Morgan fingerprint density at radius 2 is 1.57 bits per heavy atom. The third-order valence-electron chi connectivity index (χ3n) is 4.43. The molecule has 0 saturated heterocycles. The van der Waals surface area contributed by atoms with Crippen molar-refractivity contribution < 1.29 is 14.5 Å². The summed E-state index contributed by atoms with van der Waals surface area (Å²) in [6.07, 6.45) is 0. The van der Waals surface area contributed by atoms with Gasteiger partial charge in [0.05, 0.1) is 18.0 Å². The number of anilines is 2. The summed E-state index contributed by atoms with van der Waals surface area (Å²) in [5.74, 6) is -0.370. The van der Waals surface area contributed by atoms with Crippen LogP contribution in [0, 0.1) is 24.0 Å². The molecule has 3 N–H and O–H groups in total. The topological polar surface area (TPSA) is 117 Å². The van der Waals surface area contributed by atoms with Crippen LogP contribution < -0.4 is 16.0 Å². The molecule has 0 unspecified atom stereocenters. The zero-order valence-electron chi connectivity index (χ0n) is 17.4. The van der Waals surface area contributed by atoms with Gasteiger partial charge in [-0.3, -0.25) is 24.6 Å². The number of rotatable bonds is 10. The Kier molecular flexibility index (Phi) is 8.30. The highest BCUT2D eigenvalue weighted by Gasteiger charge is 2.12. The van der Waals surface area contributed by atoms with Gasteiger partial charge in [-0.2, -0.15) is 0 Å². The largest absolute Gasteiger partial charge is 0.383 e. The van der Waals surface area contributed by atoms with Crippen LogP contribution in [0.15, 0.2) is 42.5 Å². The summed E-state index contributed by atoms with van der Waals surface area (Å²) in [6, 6.07) is 11.9. The first-order chi connectivity index (χ1) is 14.3. The Balaban J connectivity index is 1.67. The number of carbonyl (C=O) groups is 2. The minimum Gasteiger partial charge on any atom is -0.383 e. The number of nitrogens with zero attached hydrogens (tertiary/aromatic N) is 2. The summed E-state index contributed by atoms with van der Waals surface area (Å²) in [5.41, 5.74) is 3.54. The van der Waals surface area contributed by atoms with Gasteiger partial charge in [-0.05, 0) is 44.2 Å². The summed E-state index contributed by atoms with van der Waals surface area (Å²) < 4.78 is 0. The maximum atomic E-state index is 12.3. The van der Waals surface area contributed by atoms with Crippen molar-refractivity contribution in [3.8, 4) is 0 Å². The van der Waals surface area contributed by atoms with Gasteiger partial charge in [0.1, 0.15) is 0 Å². The molecular weight excluding hydrogens is 386 g/mol. The lowest BCUT2D eigenvalue weighted by atomic mass is 10.1. The maximum absolute atomic E-state index is 12.3. The SMILES string of the molecule is Cc1cccc(C)c1NC(=O)CN(C)CC(=O)NCCNc1ccc([N+](=O)[O-])cc1. The van der Waals surface area contributed by atoms with Gasteiger partial charge in [-0.15, -0.1) is 0 Å². The first kappa shape index (κ1) is 22.8. The van der Waals surface area contributed by atoms with E-state index in [1.165, 1.54) is 12.1 Å². The second-order valence-corrected chi connectivity index (χ2v) is 7.07. The van der Waals surface area contributed by atoms with Crippen LogP contribution in [0.5, 0.6) is 0 Å². The van der Waals surface area contributed by atoms with Crippen LogP contribution in [0.2, 0.25) is 0 Å². The van der Waals surface area contributed by atoms with Gasteiger partial charge in [-0.1, -0.05) is 18.2 Å². The van der Waals surface area contributed by atoms with Crippen LogP contribution in [0.1, 0.15) is 11.1 Å². The number of nitro groups is 1. The number of amides is 2. The van der Waals surface area contributed by atoms with Gasteiger partial charge in [0, 0.05) is 36.6 Å². The lowest BCUT2D eigenvalue weighted by molar-refractivity contribution is -0.384. The quantitative estimate of drug-likeness (QED) is 0.313. The van der Waals surface area contributed by atoms with E-state index in [9.17, 15) is 19.7 Å². The van der Waals surface area contributed by atoms with E-state index in [4.69, 9.17) is 0 Å². The van der Waals surface area contributed by atoms with Crippen LogP contribution in [0.25, 0.3) is 0 Å². The van der Waals surface area contributed by atoms with Crippen molar-refractivity contribution in [3.05, 3.63) is 63.7 Å². The van der Waals surface area contributed by atoms with Crippen molar-refractivity contribution in [2.24, 2.45) is 0 Å². The van der Waals surface area contributed by atoms with Gasteiger partial charge in [-0.25, -0.2) is 0 Å². The summed E-state index contributed by atoms with van der Waals surface area (Å²) in [6.45, 7) is 4.92. The molecule has 2 aromatic carbocycles. The average molecular weight is 413 g/mol. The lowest BCUT2D eigenvalue weighted by Crippen LogP contribution is -2.40. The first-order valence-electron chi connectivity index (χ1n) is 9.56. The van der Waals surface area contributed by atoms with Crippen molar-refractivity contribution >= 4 is 28.9 Å². The van der Waals surface area contributed by atoms with Crippen LogP contribution >= 0.6 is 0 Å². The van der Waals surface area contributed by atoms with E-state index >= 15 is 0 Å². The molecule has 0 saturated carbocycles. The van der Waals surface area contributed by atoms with E-state index in [0.717, 1.165) is 22.5 Å². The normalized spacial score (nSPS) is 10.5. The molecule has 2 rings (SSSR count). The molecule has 2 amide bonds. The summed E-state index contributed by atoms with van der Waals surface area (Å²) in [4.78, 5) is 36.1. The van der Waals surface area contributed by atoms with Crippen molar-refractivity contribution in [2.45, 2.75) is 13.8 Å². The van der Waals surface area contributed by atoms with Crippen LogP contribution in [0.4, 0.5) is 17.1 Å². The highest BCUT2D eigenvalue weighted by Crippen LogP contribution is 2.19. The van der Waals surface area contributed by atoms with E-state index in [1.807, 2.05) is 32.0 Å². The van der Waals surface area contributed by atoms with Crippen LogP contribution in [0.3, 0.4) is 0 Å². The molecule has 9 heteroatoms. The highest BCUT2D eigenvalue weighted by molar-refractivity contribution is 5.94. The third kappa shape index (κ3) is 7.17. The van der Waals surface area contributed by atoms with Crippen LogP contribution in [-0.2, 0) is 9.59 Å². The molecule has 9 nitrogen and oxygen atoms in total. The zero-order valence-corrected chi connectivity index (χ0v) is 17.4. The molecule has 0 radical (unpaired) electrons. The monoisotopic (exact) mass is 413 g/mol. The fourth-order valence-electron chi connectivity index (χ4n) is 2.90. The molecule has 0 aromatic heterocycles. The summed E-state index contributed by atoms with van der Waals surface area (Å²) in [7, 11) is 1.71. The molecule has 2 aromatic rings. The number of carbonyl (C=O) groups excluding carboxylic acids is 2. The molecule has 0 atom stereocenters. The molecule has 0 aliphatic rings. The van der Waals surface area contributed by atoms with Gasteiger partial charge in [0.25, 0.3) is 5.69 Å². The summed E-state index contributed by atoms with van der Waals surface area (Å²) in [5, 5.41) is 19.4. The highest BCUT2D eigenvalue weighted by atomic mass is 16.6. The number of aryl methyl sites for hydroxylation is 2. The first-order valence-corrected chi connectivity index (χ1v) is 9.56. The number of para-hydroxylation sites is 1. The Labute approximate surface area is 175 Å². The fourth-order valence-corrected chi connectivity index (χ4v) is 2.90. The Morgan fingerprint density at radius 3 is 2.17 bits per heavy atom. The van der Waals surface area contributed by atoms with Gasteiger partial charge >= 0.3 is 0 Å². The number of non-ortho nitro benzene ring substituents is 1. The number of hydrogen-bond acceptors (Lipinski definition) is 6. The van der Waals surface area contributed by atoms with Gasteiger partial charge in [0.2, 0.25) is 11.8 Å². The summed E-state index contributed by atoms with van der Waals surface area (Å²) >= 11 is 0. The zero-order chi connectivity index (χ0) is 22.1. The van der Waals surface area contributed by atoms with Crippen molar-refractivity contribution in [1.29, 1.82) is 0 Å². The Morgan fingerprint density at radius 1 is 0.967 bits per heavy atom. The maximum Gasteiger partial charge on any atom is 0.269 e. The molecule has 0 heterocycles. The van der Waals surface area contributed by atoms with E-state index in [-0.39, 0.29) is 30.6 Å². The standard InChI is InChI=1S/C21H27N5O4/c1-15-5-4-6-16(2)21(15)24-20(28)14-25(3)13-19(27)23-12-11-22-17-7-9-18(10-8-17)26(29)30/h4-10,22H,11-14H2,1-3H3,(H,23,27)(H,24,28). The van der Waals surface area contributed by atoms with E-state index in [1.54, 1.807) is 24.1 Å². The Hall–Kier alpha value is -3.46. The minimum absolute atomic E-state index is 0.0264. The molecule has 0 fully saturated rings.